The van der Waals surface area contributed by atoms with Crippen LogP contribution >= 0.6 is 12.2 Å². The van der Waals surface area contributed by atoms with E-state index in [0.29, 0.717) is 11.7 Å². The molecule has 2 aromatic rings. The highest BCUT2D eigenvalue weighted by Gasteiger charge is 2.44. The van der Waals surface area contributed by atoms with E-state index in [0.717, 1.165) is 21.7 Å². The molecule has 0 aliphatic carbocycles. The van der Waals surface area contributed by atoms with Crippen molar-refractivity contribution in [3.8, 4) is 0 Å². The highest BCUT2D eigenvalue weighted by Crippen LogP contribution is 2.28. The van der Waals surface area contributed by atoms with E-state index >= 15 is 0 Å². The first-order chi connectivity index (χ1) is 14.8. The molecule has 0 aromatic heterocycles. The summed E-state index contributed by atoms with van der Waals surface area (Å²) in [4.78, 5) is 50.1. The van der Waals surface area contributed by atoms with E-state index in [1.807, 2.05) is 31.2 Å². The van der Waals surface area contributed by atoms with Crippen LogP contribution in [0, 0.1) is 6.92 Å². The topological polar surface area (TPSA) is 108 Å². The average Bonchev–Trinajstić information content (AvgIpc) is 2.98. The second-order valence-electron chi connectivity index (χ2n) is 7.50. The van der Waals surface area contributed by atoms with Gasteiger partial charge in [0.25, 0.3) is 11.8 Å². The van der Waals surface area contributed by atoms with E-state index in [4.69, 9.17) is 12.2 Å². The van der Waals surface area contributed by atoms with Gasteiger partial charge in [-0.25, -0.2) is 0 Å². The Morgan fingerprint density at radius 1 is 1.06 bits per heavy atom. The number of carbonyl (C=O) groups is 4. The van der Waals surface area contributed by atoms with Gasteiger partial charge in [0.15, 0.2) is 5.11 Å². The number of hydrogen-bond donors (Lipinski definition) is 3. The molecule has 31 heavy (non-hydrogen) atoms. The van der Waals surface area contributed by atoms with Gasteiger partial charge in [-0.2, -0.15) is 0 Å². The molecule has 158 valence electrons. The van der Waals surface area contributed by atoms with Gasteiger partial charge in [0, 0.05) is 18.7 Å². The number of thiocarbonyl (C=S) groups is 1. The third-order valence-corrected chi connectivity index (χ3v) is 5.51. The van der Waals surface area contributed by atoms with Crippen molar-refractivity contribution in [2.24, 2.45) is 0 Å². The Kier molecular flexibility index (Phi) is 5.51. The van der Waals surface area contributed by atoms with E-state index in [1.165, 1.54) is 0 Å². The summed E-state index contributed by atoms with van der Waals surface area (Å²) in [7, 11) is 0. The molecule has 0 bridgehead atoms. The summed E-state index contributed by atoms with van der Waals surface area (Å²) in [6.45, 7) is 2.35. The molecule has 1 atom stereocenters. The van der Waals surface area contributed by atoms with E-state index in [2.05, 4.69) is 16.0 Å². The fraction of sp³-hybridized carbons (Fsp3) is 0.227. The Hall–Kier alpha value is -3.59. The molecule has 8 nitrogen and oxygen atoms in total. The highest BCUT2D eigenvalue weighted by molar-refractivity contribution is 7.80. The molecule has 1 fully saturated rings. The third-order valence-electron chi connectivity index (χ3n) is 5.27. The maximum atomic E-state index is 12.9. The number of piperidine rings is 1. The second-order valence-corrected chi connectivity index (χ2v) is 7.91. The minimum Gasteiger partial charge on any atom is -0.358 e. The lowest BCUT2D eigenvalue weighted by atomic mass is 10.0. The molecule has 1 saturated heterocycles. The summed E-state index contributed by atoms with van der Waals surface area (Å²) >= 11 is 5.31. The minimum absolute atomic E-state index is 0.0877. The monoisotopic (exact) mass is 436 g/mol. The van der Waals surface area contributed by atoms with E-state index < -0.39 is 29.7 Å². The molecular formula is C22H20N4O4S. The van der Waals surface area contributed by atoms with Crippen LogP contribution in [0.25, 0.3) is 0 Å². The van der Waals surface area contributed by atoms with Gasteiger partial charge < -0.3 is 10.6 Å². The minimum atomic E-state index is -0.974. The molecule has 4 rings (SSSR count). The van der Waals surface area contributed by atoms with Gasteiger partial charge in [0.2, 0.25) is 11.8 Å². The normalized spacial score (nSPS) is 18.0. The molecule has 1 unspecified atom stereocenters. The number of anilines is 1. The van der Waals surface area contributed by atoms with Crippen LogP contribution in [0.1, 0.15) is 44.7 Å². The predicted octanol–water partition coefficient (Wildman–Crippen LogP) is 1.88. The lowest BCUT2D eigenvalue weighted by molar-refractivity contribution is -0.136. The summed E-state index contributed by atoms with van der Waals surface area (Å²) in [6, 6.07) is 11.8. The molecule has 4 amide bonds. The standard InChI is InChI=1S/C22H20N4O4S/c1-12-2-5-14(6-3-12)24-22(31)23-11-13-4-7-15-16(10-13)21(30)26(20(15)29)17-8-9-18(27)25-19(17)28/h2-7,10,17H,8-9,11H2,1H3,(H2,23,24,31)(H,25,27,28). The van der Waals surface area contributed by atoms with Gasteiger partial charge in [0.05, 0.1) is 11.1 Å². The van der Waals surface area contributed by atoms with Crippen molar-refractivity contribution in [1.82, 2.24) is 15.5 Å². The third kappa shape index (κ3) is 4.17. The SMILES string of the molecule is Cc1ccc(NC(=S)NCc2ccc3c(c2)C(=O)N(C2CCC(=O)NC2=O)C3=O)cc1. The molecule has 0 saturated carbocycles. The molecule has 0 spiro atoms. The van der Waals surface area contributed by atoms with E-state index in [-0.39, 0.29) is 24.0 Å². The van der Waals surface area contributed by atoms with Crippen LogP contribution in [0.15, 0.2) is 42.5 Å². The summed E-state index contributed by atoms with van der Waals surface area (Å²) in [5.74, 6) is -2.08. The molecule has 9 heteroatoms. The van der Waals surface area contributed by atoms with Crippen molar-refractivity contribution in [3.63, 3.8) is 0 Å². The number of amides is 4. The van der Waals surface area contributed by atoms with Gasteiger partial charge >= 0.3 is 0 Å². The number of carbonyl (C=O) groups excluding carboxylic acids is 4. The van der Waals surface area contributed by atoms with Crippen LogP contribution in [-0.2, 0) is 16.1 Å². The zero-order valence-electron chi connectivity index (χ0n) is 16.7. The number of nitrogens with one attached hydrogen (secondary N) is 3. The predicted molar refractivity (Wildman–Crippen MR) is 117 cm³/mol. The molecule has 0 radical (unpaired) electrons. The quantitative estimate of drug-likeness (QED) is 0.496. The maximum Gasteiger partial charge on any atom is 0.262 e. The zero-order valence-corrected chi connectivity index (χ0v) is 17.5. The highest BCUT2D eigenvalue weighted by atomic mass is 32.1. The largest absolute Gasteiger partial charge is 0.358 e. The van der Waals surface area contributed by atoms with Gasteiger partial charge in [-0.1, -0.05) is 23.8 Å². The Bertz CT molecular complexity index is 1110. The molecule has 2 aliphatic heterocycles. The van der Waals surface area contributed by atoms with Crippen molar-refractivity contribution in [3.05, 3.63) is 64.7 Å². The van der Waals surface area contributed by atoms with Gasteiger partial charge in [-0.3, -0.25) is 29.4 Å². The number of hydrogen-bond acceptors (Lipinski definition) is 5. The van der Waals surface area contributed by atoms with Crippen LogP contribution in [0.4, 0.5) is 5.69 Å². The van der Waals surface area contributed by atoms with Crippen molar-refractivity contribution < 1.29 is 19.2 Å². The summed E-state index contributed by atoms with van der Waals surface area (Å²) in [6.07, 6.45) is 0.216. The van der Waals surface area contributed by atoms with Gasteiger partial charge in [-0.15, -0.1) is 0 Å². The van der Waals surface area contributed by atoms with E-state index in [1.54, 1.807) is 18.2 Å². The van der Waals surface area contributed by atoms with Crippen LogP contribution in [0.3, 0.4) is 0 Å². The number of nitrogens with zero attached hydrogens (tertiary/aromatic N) is 1. The number of fused-ring (bicyclic) bond motifs is 1. The van der Waals surface area contributed by atoms with Crippen molar-refractivity contribution >= 4 is 46.6 Å². The Morgan fingerprint density at radius 2 is 1.77 bits per heavy atom. The fourth-order valence-electron chi connectivity index (χ4n) is 3.62. The lowest BCUT2D eigenvalue weighted by Crippen LogP contribution is -2.54. The smallest absolute Gasteiger partial charge is 0.262 e. The molecule has 3 N–H and O–H groups in total. The molecular weight excluding hydrogens is 416 g/mol. The van der Waals surface area contributed by atoms with Crippen molar-refractivity contribution in [1.29, 1.82) is 0 Å². The Labute approximate surface area is 184 Å². The molecule has 2 aliphatic rings. The number of rotatable bonds is 4. The Morgan fingerprint density at radius 3 is 2.48 bits per heavy atom. The van der Waals surface area contributed by atoms with Crippen LogP contribution in [0.5, 0.6) is 0 Å². The number of benzene rings is 2. The van der Waals surface area contributed by atoms with Crippen LogP contribution < -0.4 is 16.0 Å². The molecule has 2 aromatic carbocycles. The Balaban J connectivity index is 1.43. The second kappa shape index (κ2) is 8.27. The van der Waals surface area contributed by atoms with Crippen molar-refractivity contribution in [2.45, 2.75) is 32.4 Å². The summed E-state index contributed by atoms with van der Waals surface area (Å²) in [5, 5.41) is 8.77. The maximum absolute atomic E-state index is 12.9. The summed E-state index contributed by atoms with van der Waals surface area (Å²) < 4.78 is 0. The van der Waals surface area contributed by atoms with Crippen LogP contribution in [-0.4, -0.2) is 39.7 Å². The van der Waals surface area contributed by atoms with Gasteiger partial charge in [-0.05, 0) is 55.4 Å². The van der Waals surface area contributed by atoms with Crippen molar-refractivity contribution in [2.75, 3.05) is 5.32 Å². The van der Waals surface area contributed by atoms with Crippen LogP contribution in [0.2, 0.25) is 0 Å². The first-order valence-electron chi connectivity index (χ1n) is 9.79. The zero-order chi connectivity index (χ0) is 22.1. The average molecular weight is 436 g/mol. The first-order valence-corrected chi connectivity index (χ1v) is 10.2. The fourth-order valence-corrected chi connectivity index (χ4v) is 3.81. The number of aryl methyl sites for hydroxylation is 1. The molecule has 2 heterocycles. The van der Waals surface area contributed by atoms with Gasteiger partial charge in [0.1, 0.15) is 6.04 Å². The first kappa shape index (κ1) is 20.7. The summed E-state index contributed by atoms with van der Waals surface area (Å²) in [5.41, 5.74) is 3.26. The number of imide groups is 2. The lowest BCUT2D eigenvalue weighted by Gasteiger charge is -2.27. The van der Waals surface area contributed by atoms with E-state index in [9.17, 15) is 19.2 Å².